The van der Waals surface area contributed by atoms with Crippen LogP contribution in [0.1, 0.15) is 87.7 Å². The molecule has 0 bridgehead atoms. The van der Waals surface area contributed by atoms with Crippen LogP contribution < -0.4 is 26.6 Å². The Labute approximate surface area is 357 Å². The van der Waals surface area contributed by atoms with Crippen LogP contribution in [-0.2, 0) is 29.0 Å². The zero-order valence-corrected chi connectivity index (χ0v) is 37.5. The Morgan fingerprint density at radius 1 is 0.810 bits per heavy atom. The third kappa shape index (κ3) is 9.24. The number of thiophene rings is 2. The fourth-order valence-corrected chi connectivity index (χ4v) is 12.8. The van der Waals surface area contributed by atoms with Crippen molar-refractivity contribution in [3.05, 3.63) is 69.4 Å². The highest BCUT2D eigenvalue weighted by Crippen LogP contribution is 2.49. The van der Waals surface area contributed by atoms with Crippen molar-refractivity contribution in [1.29, 1.82) is 0 Å². The summed E-state index contributed by atoms with van der Waals surface area (Å²) in [7, 11) is 0. The number of aromatic nitrogens is 2. The molecule has 0 radical (unpaired) electrons. The van der Waals surface area contributed by atoms with E-state index in [1.807, 2.05) is 12.1 Å². The summed E-state index contributed by atoms with van der Waals surface area (Å²) in [6.07, 6.45) is 3.55. The third-order valence-corrected chi connectivity index (χ3v) is 15.3. The van der Waals surface area contributed by atoms with E-state index in [0.717, 1.165) is 90.5 Å². The molecule has 58 heavy (non-hydrogen) atoms. The highest BCUT2D eigenvalue weighted by molar-refractivity contribution is 7.23. The van der Waals surface area contributed by atoms with Crippen LogP contribution in [0.5, 0.6) is 0 Å². The molecular formula is C44H54N8O2S4. The van der Waals surface area contributed by atoms with Gasteiger partial charge in [0.15, 0.2) is 0 Å². The van der Waals surface area contributed by atoms with Crippen LogP contribution in [0, 0.1) is 0 Å². The molecule has 2 amide bonds. The van der Waals surface area contributed by atoms with Crippen molar-refractivity contribution >= 4 is 87.6 Å². The van der Waals surface area contributed by atoms with Crippen molar-refractivity contribution in [2.75, 3.05) is 36.8 Å². The Hall–Kier alpha value is -3.60. The zero-order chi connectivity index (χ0) is 40.6. The van der Waals surface area contributed by atoms with Crippen LogP contribution in [0.25, 0.3) is 41.6 Å². The minimum Gasteiger partial charge on any atom is -0.317 e. The molecular weight excluding hydrogens is 801 g/mol. The van der Waals surface area contributed by atoms with E-state index in [9.17, 15) is 9.59 Å². The van der Waals surface area contributed by atoms with Gasteiger partial charge in [-0.15, -0.1) is 45.3 Å². The van der Waals surface area contributed by atoms with Crippen molar-refractivity contribution in [2.24, 2.45) is 0 Å². The third-order valence-electron chi connectivity index (χ3n) is 10.8. The monoisotopic (exact) mass is 854 g/mol. The average Bonchev–Trinajstić information content (AvgIpc) is 3.95. The molecule has 0 fully saturated rings. The lowest BCUT2D eigenvalue weighted by molar-refractivity contribution is -0.117. The lowest BCUT2D eigenvalue weighted by Gasteiger charge is -2.35. The first-order valence-corrected chi connectivity index (χ1v) is 23.7. The molecule has 14 heteroatoms. The predicted molar refractivity (Wildman–Crippen MR) is 246 cm³/mol. The number of nitrogens with zero attached hydrogens (tertiary/aromatic N) is 3. The normalized spacial score (nSPS) is 16.5. The average molecular weight is 855 g/mol. The van der Waals surface area contributed by atoms with Gasteiger partial charge in [-0.25, -0.2) is 9.97 Å². The van der Waals surface area contributed by atoms with E-state index in [4.69, 9.17) is 9.97 Å². The Morgan fingerprint density at radius 3 is 2.03 bits per heavy atom. The standard InChI is InChI=1S/C44H54N8O2S4/c1-25(2)45-20-16-35(53)50-42-37(40-48-29-11-7-9-13-32(29)55-40)27-18-22-52(24-34(27)57-42)26(3)23-31-39-28(15-19-46-31)38(41-49-30-12-8-10-14-33(30)56-41)43(58-39)51-36(54)17-21-47-44(4,5)6/h7-14,25-26,31,45-47H,15-24H2,1-6H3,(H,50,53)(H,51,54). The van der Waals surface area contributed by atoms with Gasteiger partial charge in [-0.05, 0) is 88.9 Å². The van der Waals surface area contributed by atoms with Gasteiger partial charge < -0.3 is 26.6 Å². The predicted octanol–water partition coefficient (Wildman–Crippen LogP) is 9.43. The number of hydrogen-bond acceptors (Lipinski definition) is 12. The van der Waals surface area contributed by atoms with E-state index >= 15 is 0 Å². The van der Waals surface area contributed by atoms with Gasteiger partial charge in [-0.2, -0.15) is 0 Å². The first-order valence-electron chi connectivity index (χ1n) is 20.5. The van der Waals surface area contributed by atoms with Crippen molar-refractivity contribution in [1.82, 2.24) is 30.8 Å². The van der Waals surface area contributed by atoms with Gasteiger partial charge in [-0.1, -0.05) is 38.1 Å². The van der Waals surface area contributed by atoms with E-state index in [2.05, 4.69) is 109 Å². The number of rotatable bonds is 14. The van der Waals surface area contributed by atoms with Crippen LogP contribution in [-0.4, -0.2) is 70.5 Å². The van der Waals surface area contributed by atoms with Gasteiger partial charge in [0.1, 0.15) is 20.0 Å². The minimum absolute atomic E-state index is 0.0173. The van der Waals surface area contributed by atoms with E-state index in [1.165, 1.54) is 20.9 Å². The molecule has 2 aromatic carbocycles. The van der Waals surface area contributed by atoms with Gasteiger partial charge in [-0.3, -0.25) is 14.5 Å². The molecule has 2 atom stereocenters. The molecule has 2 unspecified atom stereocenters. The molecule has 2 aliphatic heterocycles. The summed E-state index contributed by atoms with van der Waals surface area (Å²) < 4.78 is 2.31. The molecule has 0 aliphatic carbocycles. The van der Waals surface area contributed by atoms with Crippen LogP contribution in [0.2, 0.25) is 0 Å². The molecule has 306 valence electrons. The molecule has 2 aliphatic rings. The van der Waals surface area contributed by atoms with Crippen LogP contribution >= 0.6 is 45.3 Å². The summed E-state index contributed by atoms with van der Waals surface area (Å²) in [6.45, 7) is 16.8. The summed E-state index contributed by atoms with van der Waals surface area (Å²) in [6, 6.07) is 17.3. The van der Waals surface area contributed by atoms with Crippen molar-refractivity contribution < 1.29 is 9.59 Å². The maximum absolute atomic E-state index is 13.4. The van der Waals surface area contributed by atoms with Gasteiger partial charge in [0.05, 0.1) is 20.4 Å². The fourth-order valence-electron chi connectivity index (χ4n) is 7.95. The molecule has 0 spiro atoms. The van der Waals surface area contributed by atoms with Crippen LogP contribution in [0.4, 0.5) is 10.0 Å². The second-order valence-corrected chi connectivity index (χ2v) is 21.0. The number of carbonyl (C=O) groups is 2. The van der Waals surface area contributed by atoms with Gasteiger partial charge in [0, 0.05) is 83.6 Å². The number of amides is 2. The Morgan fingerprint density at radius 2 is 1.41 bits per heavy atom. The Kier molecular flexibility index (Phi) is 12.5. The summed E-state index contributed by atoms with van der Waals surface area (Å²) in [5, 5.41) is 21.1. The molecule has 4 aromatic heterocycles. The van der Waals surface area contributed by atoms with Crippen molar-refractivity contribution in [2.45, 2.75) is 104 Å². The summed E-state index contributed by atoms with van der Waals surface area (Å²) in [5.74, 6) is 0.0421. The maximum atomic E-state index is 13.4. The second-order valence-electron chi connectivity index (χ2n) is 16.8. The van der Waals surface area contributed by atoms with Crippen LogP contribution in [0.15, 0.2) is 48.5 Å². The van der Waals surface area contributed by atoms with E-state index < -0.39 is 0 Å². The number of thiazole rings is 2. The zero-order valence-electron chi connectivity index (χ0n) is 34.2. The largest absolute Gasteiger partial charge is 0.317 e. The van der Waals surface area contributed by atoms with Gasteiger partial charge in [0.2, 0.25) is 11.8 Å². The summed E-state index contributed by atoms with van der Waals surface area (Å²) in [5.41, 5.74) is 6.75. The number of para-hydroxylation sites is 2. The van der Waals surface area contributed by atoms with E-state index in [-0.39, 0.29) is 23.4 Å². The number of anilines is 2. The van der Waals surface area contributed by atoms with Crippen LogP contribution in [0.3, 0.4) is 0 Å². The summed E-state index contributed by atoms with van der Waals surface area (Å²) in [4.78, 5) is 42.0. The molecule has 10 nitrogen and oxygen atoms in total. The summed E-state index contributed by atoms with van der Waals surface area (Å²) >= 11 is 6.84. The highest BCUT2D eigenvalue weighted by atomic mass is 32.1. The topological polar surface area (TPSA) is 123 Å². The smallest absolute Gasteiger partial charge is 0.226 e. The van der Waals surface area contributed by atoms with E-state index in [0.29, 0.717) is 38.0 Å². The molecule has 5 N–H and O–H groups in total. The molecule has 8 rings (SSSR count). The number of benzene rings is 2. The lowest BCUT2D eigenvalue weighted by Crippen LogP contribution is -2.40. The quantitative estimate of drug-likeness (QED) is 0.0735. The number of fused-ring (bicyclic) bond motifs is 4. The van der Waals surface area contributed by atoms with Gasteiger partial charge in [0.25, 0.3) is 0 Å². The number of hydrogen-bond donors (Lipinski definition) is 5. The Bertz CT molecular complexity index is 2350. The number of carbonyl (C=O) groups excluding carboxylic acids is 2. The molecule has 0 saturated heterocycles. The maximum Gasteiger partial charge on any atom is 0.226 e. The van der Waals surface area contributed by atoms with Gasteiger partial charge >= 0.3 is 0 Å². The minimum atomic E-state index is -0.0504. The fraction of sp³-hybridized carbons (Fsp3) is 0.455. The lowest BCUT2D eigenvalue weighted by atomic mass is 9.94. The Balaban J connectivity index is 1.04. The number of nitrogens with one attached hydrogen (secondary N) is 5. The molecule has 6 aromatic rings. The van der Waals surface area contributed by atoms with Crippen molar-refractivity contribution in [3.63, 3.8) is 0 Å². The first-order chi connectivity index (χ1) is 27.9. The molecule has 0 saturated carbocycles. The SMILES string of the molecule is CC(C)NCCC(=O)Nc1sc2c(c1-c1nc3ccccc3s1)CCN(C(C)CC1NCCc3c1sc(NC(=O)CCNC(C)(C)C)c3-c1nc3ccccc3s1)C2. The highest BCUT2D eigenvalue weighted by Gasteiger charge is 2.34. The second kappa shape index (κ2) is 17.6. The van der Waals surface area contributed by atoms with Crippen molar-refractivity contribution in [3.8, 4) is 21.1 Å². The van der Waals surface area contributed by atoms with E-state index in [1.54, 1.807) is 45.3 Å². The first kappa shape index (κ1) is 41.1. The molecule has 6 heterocycles.